The molecule has 0 unspecified atom stereocenters. The Balaban J connectivity index is 0.00000667. The van der Waals surface area contributed by atoms with Gasteiger partial charge < -0.3 is 101 Å². The number of thioether (sulfide) groups is 2. The fourth-order valence-electron chi connectivity index (χ4n) is 10.7. The number of amides is 5. The van der Waals surface area contributed by atoms with E-state index in [9.17, 15) is 79.2 Å². The van der Waals surface area contributed by atoms with Gasteiger partial charge in [0.2, 0.25) is 17.6 Å². The number of ketones is 1. The number of aromatic hydroxyl groups is 1. The summed E-state index contributed by atoms with van der Waals surface area (Å²) in [6.07, 6.45) is -12.2. The Morgan fingerprint density at radius 2 is 1.02 bits per heavy atom. The molecule has 0 saturated carbocycles. The van der Waals surface area contributed by atoms with Crippen molar-refractivity contribution in [2.24, 2.45) is 0 Å². The summed E-state index contributed by atoms with van der Waals surface area (Å²) in [6.45, 7) is 1.22. The van der Waals surface area contributed by atoms with E-state index in [1.165, 1.54) is 48.6 Å². The molecule has 514 valence electrons. The van der Waals surface area contributed by atoms with Gasteiger partial charge in [0.15, 0.2) is 5.78 Å². The smallest absolute Gasteiger partial charge is 0.870 e. The molecular weight excluding hydrogens is 1320 g/mol. The van der Waals surface area contributed by atoms with Gasteiger partial charge in [-0.1, -0.05) is 84.9 Å². The van der Waals surface area contributed by atoms with Crippen molar-refractivity contribution in [2.45, 2.75) is 125 Å². The van der Waals surface area contributed by atoms with Crippen LogP contribution >= 0.6 is 23.5 Å². The number of phenolic OH excluding ortho intramolecular Hbond substituents is 1. The number of phenols is 1. The average molecular weight is 1400 g/mol. The molecule has 2 aliphatic rings. The van der Waals surface area contributed by atoms with Gasteiger partial charge in [-0.15, -0.1) is 0 Å². The van der Waals surface area contributed by atoms with Crippen molar-refractivity contribution in [2.75, 3.05) is 55.9 Å². The SMILES string of the molecule is CC(=O)N[C@H]1[C@H]([C@H](O)[C@H](O)CNC(=O)c2ccc(-c3ccccc3)cc2)O[C@]([C-]=O)(OCCCSCCNC(=O)c2ccc(C(=O)CCCSCCCO[C@]3(C(=O)[O-])C[C@H](O)[C@@H](NC(C)=O)[C@H]([C@H](O)[C@H](O)CNC(=O)c4ccc(-c5ccccc5)cc4)O3)c(O)c2)C[C@@H]1O.[Na+].[Na+].[OH-]. The van der Waals surface area contributed by atoms with Gasteiger partial charge in [-0.05, 0) is 101 Å². The molecule has 0 bridgehead atoms. The first-order valence-electron chi connectivity index (χ1n) is 30.6. The van der Waals surface area contributed by atoms with Gasteiger partial charge in [0.05, 0.1) is 54.5 Å². The zero-order valence-corrected chi connectivity index (χ0v) is 59.8. The van der Waals surface area contributed by atoms with Gasteiger partial charge in [-0.2, -0.15) is 23.5 Å². The number of carbonyl (C=O) groups is 7. The van der Waals surface area contributed by atoms with Crippen LogP contribution in [-0.2, 0) is 38.1 Å². The molecule has 2 saturated heterocycles. The molecule has 0 aromatic heterocycles. The fraction of sp³-hybridized carbons (Fsp3) is 0.433. The summed E-state index contributed by atoms with van der Waals surface area (Å²) in [6, 6.07) is 33.7. The normalized spacial score (nSPS) is 21.6. The standard InChI is InChI=1S/C67H80N5O20S2.2Na.H2O/c1-40(74)71-56-52(78)35-66(39-73,91-60(56)58(82)54(80)37-69-62(84)46-21-17-44(18-22-46)42-12-5-3-6-13-42)89-28-10-32-94-33-27-68-64(86)48-25-26-49(51(77)34-48)50(76)16-9-30-93-31-11-29-90-67(65(87)88)36-53(79)57(72-41(2)75)61(92-67)59(83)55(81)38-70-63(85)47-23-19-45(20-24-47)43-14-7-4-8-15-43;;;/h3-8,12-15,17-26,34,52-61,77-83H,9-11,16,27-33,35-38H2,1-2H3,(H,68,86)(H,69,84)(H,70,85)(H,71,74)(H,72,75)(H,87,88);;;1H2/q-1;2*+1;/p-2/t52-,53-,54+,55+,56+,57+,58+,59+,60+,61+,66+,67+;;;/m0.../s1. The second-order valence-electron chi connectivity index (χ2n) is 22.6. The maximum atomic E-state index is 13.1. The summed E-state index contributed by atoms with van der Waals surface area (Å²) in [7, 11) is 0. The number of carboxylic acids is 1. The van der Waals surface area contributed by atoms with Crippen molar-refractivity contribution in [1.29, 1.82) is 0 Å². The van der Waals surface area contributed by atoms with Crippen molar-refractivity contribution >= 4 is 71.1 Å². The van der Waals surface area contributed by atoms with E-state index >= 15 is 0 Å². The van der Waals surface area contributed by atoms with E-state index in [4.69, 9.17) is 18.9 Å². The number of hydrogen-bond donors (Lipinski definition) is 12. The summed E-state index contributed by atoms with van der Waals surface area (Å²) in [4.78, 5) is 101. The number of rotatable bonds is 35. The van der Waals surface area contributed by atoms with Crippen LogP contribution in [-0.4, -0.2) is 217 Å². The molecule has 97 heavy (non-hydrogen) atoms. The Kier molecular flexibility index (Phi) is 35.5. The molecule has 7 rings (SSSR count). The number of hydrogen-bond acceptors (Lipinski definition) is 23. The van der Waals surface area contributed by atoms with Crippen LogP contribution < -0.4 is 90.8 Å². The number of Topliss-reactive ketones (excluding diaryl/α,β-unsaturated/α-hetero) is 1. The Morgan fingerprint density at radius 3 is 1.49 bits per heavy atom. The van der Waals surface area contributed by atoms with Gasteiger partial charge >= 0.3 is 59.1 Å². The van der Waals surface area contributed by atoms with E-state index in [-0.39, 0.29) is 131 Å². The minimum atomic E-state index is -2.61. The second kappa shape index (κ2) is 41.2. The number of aliphatic hydroxyl groups excluding tert-OH is 6. The predicted octanol–water partition coefficient (Wildman–Crippen LogP) is -4.61. The molecule has 0 aliphatic carbocycles. The van der Waals surface area contributed by atoms with Crippen LogP contribution in [0.1, 0.15) is 93.8 Å². The van der Waals surface area contributed by atoms with Crippen LogP contribution in [0.3, 0.4) is 0 Å². The number of aliphatic hydroxyl groups is 6. The third kappa shape index (κ3) is 24.3. The monoisotopic (exact) mass is 1400 g/mol. The zero-order valence-electron chi connectivity index (χ0n) is 54.2. The molecule has 30 heteroatoms. The maximum absolute atomic E-state index is 13.1. The van der Waals surface area contributed by atoms with E-state index in [0.29, 0.717) is 35.9 Å². The quantitative estimate of drug-likeness (QED) is 0.00786. The molecule has 13 N–H and O–H groups in total. The predicted molar refractivity (Wildman–Crippen MR) is 347 cm³/mol. The number of carboxylic acid groups (broad SMARTS) is 1. The average Bonchev–Trinajstić information content (AvgIpc) is 0.782. The van der Waals surface area contributed by atoms with E-state index < -0.39 is 134 Å². The molecule has 5 amide bonds. The van der Waals surface area contributed by atoms with Crippen LogP contribution in [0.15, 0.2) is 127 Å². The summed E-state index contributed by atoms with van der Waals surface area (Å²) < 4.78 is 23.1. The summed E-state index contributed by atoms with van der Waals surface area (Å²) in [5.41, 5.74) is 4.31. The Bertz CT molecular complexity index is 3350. The molecule has 2 fully saturated rings. The summed E-state index contributed by atoms with van der Waals surface area (Å²) in [5, 5.41) is 103. The summed E-state index contributed by atoms with van der Waals surface area (Å²) >= 11 is 2.85. The van der Waals surface area contributed by atoms with Crippen molar-refractivity contribution in [3.63, 3.8) is 0 Å². The topological polar surface area (TPSA) is 428 Å². The third-order valence-corrected chi connectivity index (χ3v) is 17.8. The number of nitrogens with one attached hydrogen (secondary N) is 5. The number of ether oxygens (including phenoxy) is 4. The maximum Gasteiger partial charge on any atom is 1.00 e. The van der Waals surface area contributed by atoms with Gasteiger partial charge in [-0.25, -0.2) is 6.29 Å². The van der Waals surface area contributed by atoms with Crippen molar-refractivity contribution in [3.8, 4) is 28.0 Å². The fourth-order valence-corrected chi connectivity index (χ4v) is 12.3. The van der Waals surface area contributed by atoms with E-state index in [2.05, 4.69) is 26.6 Å². The van der Waals surface area contributed by atoms with Crippen LogP contribution in [0, 0.1) is 0 Å². The Morgan fingerprint density at radius 1 is 0.588 bits per heavy atom. The molecule has 0 radical (unpaired) electrons. The molecule has 5 aromatic carbocycles. The van der Waals surface area contributed by atoms with E-state index in [1.54, 1.807) is 54.8 Å². The van der Waals surface area contributed by atoms with Crippen LogP contribution in [0.25, 0.3) is 22.3 Å². The molecule has 26 nitrogen and oxygen atoms in total. The number of aliphatic carboxylic acids is 1. The molecule has 2 aliphatic heterocycles. The Labute approximate surface area is 614 Å². The molecule has 12 atom stereocenters. The minimum absolute atomic E-state index is 0. The van der Waals surface area contributed by atoms with Crippen molar-refractivity contribution < 1.29 is 163 Å². The van der Waals surface area contributed by atoms with E-state index in [1.807, 2.05) is 60.7 Å². The summed E-state index contributed by atoms with van der Waals surface area (Å²) in [5.74, 6) is -8.51. The van der Waals surface area contributed by atoms with Gasteiger partial charge in [0.1, 0.15) is 36.1 Å². The largest absolute Gasteiger partial charge is 1.00 e. The molecular formula is C67H80N5Na2O21S2-. The van der Waals surface area contributed by atoms with Crippen LogP contribution in [0.2, 0.25) is 0 Å². The minimum Gasteiger partial charge on any atom is -0.870 e. The van der Waals surface area contributed by atoms with Crippen molar-refractivity contribution in [3.05, 3.63) is 150 Å². The van der Waals surface area contributed by atoms with Gasteiger partial charge in [0.25, 0.3) is 17.7 Å². The van der Waals surface area contributed by atoms with E-state index in [0.717, 1.165) is 29.2 Å². The second-order valence-corrected chi connectivity index (χ2v) is 25.1. The van der Waals surface area contributed by atoms with Gasteiger partial charge in [0, 0.05) is 81.8 Å². The third-order valence-electron chi connectivity index (χ3n) is 15.6. The molecule has 0 spiro atoms. The van der Waals surface area contributed by atoms with Crippen molar-refractivity contribution in [1.82, 2.24) is 26.6 Å². The molecule has 2 heterocycles. The number of benzene rings is 5. The number of carbonyl (C=O) groups excluding carboxylic acids is 8. The molecule has 5 aromatic rings. The zero-order chi connectivity index (χ0) is 68.0. The first-order valence-corrected chi connectivity index (χ1v) is 32.9. The van der Waals surface area contributed by atoms with Crippen LogP contribution in [0.4, 0.5) is 0 Å². The van der Waals surface area contributed by atoms with Crippen LogP contribution in [0.5, 0.6) is 5.75 Å². The first-order chi connectivity index (χ1) is 45.0. The first kappa shape index (κ1) is 83.7. The van der Waals surface area contributed by atoms with Gasteiger partial charge in [-0.3, -0.25) is 28.8 Å². The Hall–Kier alpha value is -5.68.